The fourth-order valence-electron chi connectivity index (χ4n) is 4.60. The van der Waals surface area contributed by atoms with Gasteiger partial charge in [0.1, 0.15) is 5.75 Å². The highest BCUT2D eigenvalue weighted by molar-refractivity contribution is 6.09. The Morgan fingerprint density at radius 1 is 0.964 bits per heavy atom. The van der Waals surface area contributed by atoms with Crippen LogP contribution in [-0.2, 0) is 12.8 Å². The van der Waals surface area contributed by atoms with E-state index < -0.39 is 0 Å². The van der Waals surface area contributed by atoms with Crippen LogP contribution >= 0.6 is 0 Å². The van der Waals surface area contributed by atoms with Crippen molar-refractivity contribution in [3.05, 3.63) is 71.8 Å². The lowest BCUT2D eigenvalue weighted by Gasteiger charge is -2.26. The molecule has 0 saturated heterocycles. The quantitative estimate of drug-likeness (QED) is 0.382. The standard InChI is InChI=1S/C26H25NO/c1-3-28-20-12-9-19(10-13-20)26-23-16-17(2)8-14-22(23)25-21-7-5-4-6-18(21)11-15-24(25)27-26/h4-7,9-13,15,17H,3,8,14,16H2,1-2H3/t17-/m0/s1. The summed E-state index contributed by atoms with van der Waals surface area (Å²) in [7, 11) is 0. The van der Waals surface area contributed by atoms with Crippen molar-refractivity contribution in [1.29, 1.82) is 0 Å². The van der Waals surface area contributed by atoms with Crippen molar-refractivity contribution < 1.29 is 4.74 Å². The third kappa shape index (κ3) is 2.84. The van der Waals surface area contributed by atoms with E-state index in [2.05, 4.69) is 67.6 Å². The molecule has 0 unspecified atom stereocenters. The molecule has 1 aliphatic rings. The number of hydrogen-bond acceptors (Lipinski definition) is 2. The molecule has 0 radical (unpaired) electrons. The van der Waals surface area contributed by atoms with E-state index >= 15 is 0 Å². The second-order valence-electron chi connectivity index (χ2n) is 7.90. The molecular formula is C26H25NO. The third-order valence-electron chi connectivity index (χ3n) is 5.97. The maximum Gasteiger partial charge on any atom is 0.119 e. The van der Waals surface area contributed by atoms with Crippen molar-refractivity contribution in [3.8, 4) is 17.0 Å². The van der Waals surface area contributed by atoms with Crippen LogP contribution in [0, 0.1) is 5.92 Å². The fourth-order valence-corrected chi connectivity index (χ4v) is 4.60. The van der Waals surface area contributed by atoms with Crippen molar-refractivity contribution in [2.45, 2.75) is 33.1 Å². The van der Waals surface area contributed by atoms with Crippen molar-refractivity contribution in [2.24, 2.45) is 5.92 Å². The van der Waals surface area contributed by atoms with Gasteiger partial charge >= 0.3 is 0 Å². The van der Waals surface area contributed by atoms with E-state index in [1.54, 1.807) is 0 Å². The largest absolute Gasteiger partial charge is 0.494 e. The van der Waals surface area contributed by atoms with Crippen LogP contribution in [0.1, 0.15) is 31.4 Å². The first kappa shape index (κ1) is 17.2. The summed E-state index contributed by atoms with van der Waals surface area (Å²) in [5, 5.41) is 3.98. The minimum absolute atomic E-state index is 0.688. The van der Waals surface area contributed by atoms with Crippen LogP contribution in [0.15, 0.2) is 60.7 Å². The monoisotopic (exact) mass is 367 g/mol. The number of hydrogen-bond donors (Lipinski definition) is 0. The van der Waals surface area contributed by atoms with E-state index in [-0.39, 0.29) is 0 Å². The molecule has 1 heterocycles. The van der Waals surface area contributed by atoms with Crippen LogP contribution in [0.3, 0.4) is 0 Å². The molecule has 0 bridgehead atoms. The van der Waals surface area contributed by atoms with E-state index in [1.165, 1.54) is 39.3 Å². The Morgan fingerprint density at radius 3 is 2.61 bits per heavy atom. The molecule has 0 fully saturated rings. The molecule has 1 aromatic heterocycles. The predicted molar refractivity (Wildman–Crippen MR) is 117 cm³/mol. The molecule has 0 saturated carbocycles. The van der Waals surface area contributed by atoms with E-state index in [1.807, 2.05) is 6.92 Å². The maximum absolute atomic E-state index is 5.62. The molecule has 2 nitrogen and oxygen atoms in total. The average molecular weight is 367 g/mol. The first-order valence-corrected chi connectivity index (χ1v) is 10.3. The first-order valence-electron chi connectivity index (χ1n) is 10.3. The van der Waals surface area contributed by atoms with Gasteiger partial charge in [-0.15, -0.1) is 0 Å². The Morgan fingerprint density at radius 2 is 1.79 bits per heavy atom. The van der Waals surface area contributed by atoms with E-state index in [0.717, 1.165) is 29.8 Å². The molecule has 4 aromatic rings. The topological polar surface area (TPSA) is 22.1 Å². The third-order valence-corrected chi connectivity index (χ3v) is 5.97. The van der Waals surface area contributed by atoms with Crippen LogP contribution in [0.4, 0.5) is 0 Å². The zero-order valence-electron chi connectivity index (χ0n) is 16.5. The minimum Gasteiger partial charge on any atom is -0.494 e. The van der Waals surface area contributed by atoms with Gasteiger partial charge in [0.2, 0.25) is 0 Å². The summed E-state index contributed by atoms with van der Waals surface area (Å²) in [5.41, 5.74) is 6.38. The van der Waals surface area contributed by atoms with Gasteiger partial charge in [-0.3, -0.25) is 0 Å². The molecule has 1 atom stereocenters. The van der Waals surface area contributed by atoms with Crippen molar-refractivity contribution in [3.63, 3.8) is 0 Å². The number of ether oxygens (including phenoxy) is 1. The zero-order chi connectivity index (χ0) is 19.1. The van der Waals surface area contributed by atoms with E-state index in [0.29, 0.717) is 12.5 Å². The van der Waals surface area contributed by atoms with Crippen LogP contribution in [0.2, 0.25) is 0 Å². The fraction of sp³-hybridized carbons (Fsp3) is 0.269. The summed E-state index contributed by atoms with van der Waals surface area (Å²) in [5.74, 6) is 1.61. The van der Waals surface area contributed by atoms with E-state index in [4.69, 9.17) is 9.72 Å². The average Bonchev–Trinajstić information content (AvgIpc) is 2.73. The number of aromatic nitrogens is 1. The van der Waals surface area contributed by atoms with Crippen LogP contribution < -0.4 is 4.74 Å². The summed E-state index contributed by atoms with van der Waals surface area (Å²) >= 11 is 0. The smallest absolute Gasteiger partial charge is 0.119 e. The number of aryl methyl sites for hydroxylation is 1. The summed E-state index contributed by atoms with van der Waals surface area (Å²) < 4.78 is 5.62. The Labute approximate surface area is 166 Å². The van der Waals surface area contributed by atoms with Gasteiger partial charge in [0.05, 0.1) is 17.8 Å². The Bertz CT molecular complexity index is 1160. The Hall–Kier alpha value is -2.87. The molecule has 0 spiro atoms. The number of nitrogens with zero attached hydrogens (tertiary/aromatic N) is 1. The van der Waals surface area contributed by atoms with Gasteiger partial charge in [0.15, 0.2) is 0 Å². The molecule has 0 amide bonds. The van der Waals surface area contributed by atoms with Gasteiger partial charge < -0.3 is 4.74 Å². The maximum atomic E-state index is 5.62. The Balaban J connectivity index is 1.78. The molecular weight excluding hydrogens is 342 g/mol. The highest BCUT2D eigenvalue weighted by Gasteiger charge is 2.23. The lowest BCUT2D eigenvalue weighted by Crippen LogP contribution is -2.14. The molecule has 3 aromatic carbocycles. The van der Waals surface area contributed by atoms with Crippen molar-refractivity contribution in [2.75, 3.05) is 6.61 Å². The minimum atomic E-state index is 0.688. The normalized spacial score (nSPS) is 16.3. The summed E-state index contributed by atoms with van der Waals surface area (Å²) in [6.07, 6.45) is 3.48. The second-order valence-corrected chi connectivity index (χ2v) is 7.90. The molecule has 5 rings (SSSR count). The van der Waals surface area contributed by atoms with Crippen molar-refractivity contribution in [1.82, 2.24) is 4.98 Å². The highest BCUT2D eigenvalue weighted by atomic mass is 16.5. The molecule has 2 heteroatoms. The predicted octanol–water partition coefficient (Wildman–Crippen LogP) is 6.58. The van der Waals surface area contributed by atoms with Gasteiger partial charge in [0.25, 0.3) is 0 Å². The highest BCUT2D eigenvalue weighted by Crippen LogP contribution is 2.39. The summed E-state index contributed by atoms with van der Waals surface area (Å²) in [6.45, 7) is 5.06. The van der Waals surface area contributed by atoms with Crippen LogP contribution in [0.25, 0.3) is 32.9 Å². The summed E-state index contributed by atoms with van der Waals surface area (Å²) in [6, 6.07) is 21.5. The van der Waals surface area contributed by atoms with E-state index in [9.17, 15) is 0 Å². The van der Waals surface area contributed by atoms with Crippen LogP contribution in [0.5, 0.6) is 5.75 Å². The lowest BCUT2D eigenvalue weighted by molar-refractivity contribution is 0.340. The SMILES string of the molecule is CCOc1ccc(-c2nc3ccc4ccccc4c3c3c2C[C@@H](C)CC3)cc1. The van der Waals surface area contributed by atoms with Gasteiger partial charge in [-0.25, -0.2) is 4.98 Å². The molecule has 28 heavy (non-hydrogen) atoms. The zero-order valence-corrected chi connectivity index (χ0v) is 16.5. The number of rotatable bonds is 3. The second kappa shape index (κ2) is 6.94. The number of fused-ring (bicyclic) bond motifs is 5. The number of pyridine rings is 1. The van der Waals surface area contributed by atoms with Gasteiger partial charge in [-0.2, -0.15) is 0 Å². The molecule has 1 aliphatic carbocycles. The van der Waals surface area contributed by atoms with Gasteiger partial charge in [0, 0.05) is 10.9 Å². The van der Waals surface area contributed by atoms with Gasteiger partial charge in [-0.05, 0) is 84.3 Å². The molecule has 0 N–H and O–H groups in total. The first-order chi connectivity index (χ1) is 13.7. The Kier molecular flexibility index (Phi) is 4.27. The number of benzene rings is 3. The van der Waals surface area contributed by atoms with Gasteiger partial charge in [-0.1, -0.05) is 37.3 Å². The lowest BCUT2D eigenvalue weighted by atomic mass is 9.80. The molecule has 0 aliphatic heterocycles. The van der Waals surface area contributed by atoms with Crippen LogP contribution in [-0.4, -0.2) is 11.6 Å². The van der Waals surface area contributed by atoms with Crippen molar-refractivity contribution >= 4 is 21.7 Å². The summed E-state index contributed by atoms with van der Waals surface area (Å²) in [4.78, 5) is 5.18. The molecule has 140 valence electrons.